The maximum absolute atomic E-state index is 12.9. The number of benzene rings is 2. The Balaban J connectivity index is 2.07. The van der Waals surface area contributed by atoms with Crippen molar-refractivity contribution < 1.29 is 4.39 Å². The summed E-state index contributed by atoms with van der Waals surface area (Å²) in [5.74, 6) is 0.394. The summed E-state index contributed by atoms with van der Waals surface area (Å²) in [6.45, 7) is 0. The van der Waals surface area contributed by atoms with E-state index in [1.165, 1.54) is 12.1 Å². The number of anilines is 1. The van der Waals surface area contributed by atoms with Crippen molar-refractivity contribution in [2.45, 2.75) is 10.6 Å². The number of rotatable bonds is 3. The van der Waals surface area contributed by atoms with Crippen molar-refractivity contribution in [3.05, 3.63) is 58.9 Å². The molecule has 0 spiro atoms. The highest BCUT2D eigenvalue weighted by Gasteiger charge is 2.02. The van der Waals surface area contributed by atoms with E-state index in [0.29, 0.717) is 16.5 Å². The SMILES string of the molecule is Nc1cc(F)ccc1CSc1cccc(Cl)c1. The van der Waals surface area contributed by atoms with Crippen molar-refractivity contribution in [1.29, 1.82) is 0 Å². The van der Waals surface area contributed by atoms with Crippen molar-refractivity contribution in [2.75, 3.05) is 5.73 Å². The normalized spacial score (nSPS) is 10.5. The second-order valence-electron chi connectivity index (χ2n) is 3.59. The standard InChI is InChI=1S/C13H11ClFNS/c14-10-2-1-3-12(6-10)17-8-9-4-5-11(15)7-13(9)16/h1-7H,8,16H2. The van der Waals surface area contributed by atoms with Crippen molar-refractivity contribution >= 4 is 29.1 Å². The van der Waals surface area contributed by atoms with Gasteiger partial charge in [0.05, 0.1) is 0 Å². The van der Waals surface area contributed by atoms with Crippen molar-refractivity contribution in [3.8, 4) is 0 Å². The van der Waals surface area contributed by atoms with Crippen LogP contribution in [0.25, 0.3) is 0 Å². The first-order chi connectivity index (χ1) is 8.15. The van der Waals surface area contributed by atoms with E-state index in [4.69, 9.17) is 17.3 Å². The molecule has 2 N–H and O–H groups in total. The molecule has 88 valence electrons. The summed E-state index contributed by atoms with van der Waals surface area (Å²) in [5, 5.41) is 0.710. The van der Waals surface area contributed by atoms with Crippen LogP contribution in [-0.4, -0.2) is 0 Å². The molecule has 2 aromatic rings. The molecule has 0 bridgehead atoms. The van der Waals surface area contributed by atoms with Gasteiger partial charge in [0.1, 0.15) is 5.82 Å². The molecule has 2 aromatic carbocycles. The molecular weight excluding hydrogens is 257 g/mol. The lowest BCUT2D eigenvalue weighted by Gasteiger charge is -2.05. The summed E-state index contributed by atoms with van der Waals surface area (Å²) in [5.41, 5.74) is 7.15. The molecule has 4 heteroatoms. The monoisotopic (exact) mass is 267 g/mol. The summed E-state index contributed by atoms with van der Waals surface area (Å²) in [6, 6.07) is 12.1. The van der Waals surface area contributed by atoms with Crippen molar-refractivity contribution in [3.63, 3.8) is 0 Å². The maximum Gasteiger partial charge on any atom is 0.125 e. The zero-order valence-electron chi connectivity index (χ0n) is 8.99. The summed E-state index contributed by atoms with van der Waals surface area (Å²) < 4.78 is 12.9. The molecule has 0 radical (unpaired) electrons. The van der Waals surface area contributed by atoms with E-state index in [1.54, 1.807) is 17.8 Å². The minimum Gasteiger partial charge on any atom is -0.398 e. The van der Waals surface area contributed by atoms with Crippen molar-refractivity contribution in [1.82, 2.24) is 0 Å². The zero-order chi connectivity index (χ0) is 12.3. The first-order valence-corrected chi connectivity index (χ1v) is 6.44. The molecule has 0 atom stereocenters. The van der Waals surface area contributed by atoms with Gasteiger partial charge in [0.25, 0.3) is 0 Å². The van der Waals surface area contributed by atoms with Crippen LogP contribution in [-0.2, 0) is 5.75 Å². The highest BCUT2D eigenvalue weighted by atomic mass is 35.5. The van der Waals surface area contributed by atoms with Crippen LogP contribution in [0.1, 0.15) is 5.56 Å². The third-order valence-electron chi connectivity index (χ3n) is 2.30. The molecule has 0 aromatic heterocycles. The zero-order valence-corrected chi connectivity index (χ0v) is 10.6. The van der Waals surface area contributed by atoms with Crippen LogP contribution in [0.5, 0.6) is 0 Å². The van der Waals surface area contributed by atoms with Crippen LogP contribution in [0.4, 0.5) is 10.1 Å². The smallest absolute Gasteiger partial charge is 0.125 e. The lowest BCUT2D eigenvalue weighted by atomic mass is 10.2. The molecule has 0 heterocycles. The van der Waals surface area contributed by atoms with Crippen LogP contribution in [0.2, 0.25) is 5.02 Å². The van der Waals surface area contributed by atoms with Gasteiger partial charge in [0.15, 0.2) is 0 Å². The van der Waals surface area contributed by atoms with E-state index in [2.05, 4.69) is 0 Å². The van der Waals surface area contributed by atoms with Gasteiger partial charge in [0.2, 0.25) is 0 Å². The lowest BCUT2D eigenvalue weighted by molar-refractivity contribution is 0.628. The minimum absolute atomic E-state index is 0.306. The van der Waals surface area contributed by atoms with E-state index in [9.17, 15) is 4.39 Å². The fraction of sp³-hybridized carbons (Fsp3) is 0.0769. The van der Waals surface area contributed by atoms with Gasteiger partial charge >= 0.3 is 0 Å². The molecule has 0 aliphatic rings. The predicted molar refractivity (Wildman–Crippen MR) is 71.8 cm³/mol. The Hall–Kier alpha value is -1.19. The first kappa shape index (κ1) is 12.3. The number of nitrogen functional groups attached to an aromatic ring is 1. The highest BCUT2D eigenvalue weighted by molar-refractivity contribution is 7.98. The number of thioether (sulfide) groups is 1. The number of nitrogens with two attached hydrogens (primary N) is 1. The van der Waals surface area contributed by atoms with Crippen LogP contribution in [0.15, 0.2) is 47.4 Å². The minimum atomic E-state index is -0.306. The summed E-state index contributed by atoms with van der Waals surface area (Å²) in [4.78, 5) is 1.07. The largest absolute Gasteiger partial charge is 0.398 e. The topological polar surface area (TPSA) is 26.0 Å². The molecule has 0 saturated carbocycles. The number of halogens is 2. The quantitative estimate of drug-likeness (QED) is 0.661. The average molecular weight is 268 g/mol. The van der Waals surface area contributed by atoms with Gasteiger partial charge in [-0.2, -0.15) is 0 Å². The van der Waals surface area contributed by atoms with Gasteiger partial charge in [0, 0.05) is 21.4 Å². The lowest BCUT2D eigenvalue weighted by Crippen LogP contribution is -1.93. The molecular formula is C13H11ClFNS. The predicted octanol–water partition coefficient (Wildman–Crippen LogP) is 4.35. The number of hydrogen-bond donors (Lipinski definition) is 1. The molecule has 17 heavy (non-hydrogen) atoms. The Kier molecular flexibility index (Phi) is 3.92. The average Bonchev–Trinajstić information content (AvgIpc) is 2.28. The van der Waals surface area contributed by atoms with Gasteiger partial charge < -0.3 is 5.73 Å². The molecule has 0 aliphatic heterocycles. The fourth-order valence-electron chi connectivity index (χ4n) is 1.42. The summed E-state index contributed by atoms with van der Waals surface area (Å²) in [7, 11) is 0. The van der Waals surface area contributed by atoms with E-state index in [0.717, 1.165) is 10.5 Å². The summed E-state index contributed by atoms with van der Waals surface area (Å²) >= 11 is 7.51. The molecule has 0 aliphatic carbocycles. The highest BCUT2D eigenvalue weighted by Crippen LogP contribution is 2.27. The van der Waals surface area contributed by atoms with Gasteiger partial charge in [-0.05, 0) is 35.9 Å². The third-order valence-corrected chi connectivity index (χ3v) is 3.58. The van der Waals surface area contributed by atoms with Crippen molar-refractivity contribution in [2.24, 2.45) is 0 Å². The second-order valence-corrected chi connectivity index (χ2v) is 5.07. The van der Waals surface area contributed by atoms with Gasteiger partial charge in [-0.3, -0.25) is 0 Å². The molecule has 0 saturated heterocycles. The Morgan fingerprint density at radius 1 is 1.18 bits per heavy atom. The Morgan fingerprint density at radius 2 is 2.00 bits per heavy atom. The molecule has 0 fully saturated rings. The van der Waals surface area contributed by atoms with E-state index in [-0.39, 0.29) is 5.82 Å². The molecule has 0 amide bonds. The summed E-state index contributed by atoms with van der Waals surface area (Å²) in [6.07, 6.45) is 0. The molecule has 2 rings (SSSR count). The van der Waals surface area contributed by atoms with Gasteiger partial charge in [-0.25, -0.2) is 4.39 Å². The van der Waals surface area contributed by atoms with Gasteiger partial charge in [-0.1, -0.05) is 23.7 Å². The Labute approximate surface area is 109 Å². The van der Waals surface area contributed by atoms with E-state index >= 15 is 0 Å². The fourth-order valence-corrected chi connectivity index (χ4v) is 2.64. The van der Waals surface area contributed by atoms with E-state index in [1.807, 2.05) is 24.3 Å². The van der Waals surface area contributed by atoms with Crippen LogP contribution >= 0.6 is 23.4 Å². The first-order valence-electron chi connectivity index (χ1n) is 5.07. The van der Waals surface area contributed by atoms with Crippen LogP contribution in [0, 0.1) is 5.82 Å². The Morgan fingerprint density at radius 3 is 2.71 bits per heavy atom. The molecule has 1 nitrogen and oxygen atoms in total. The maximum atomic E-state index is 12.9. The van der Waals surface area contributed by atoms with E-state index < -0.39 is 0 Å². The van der Waals surface area contributed by atoms with Gasteiger partial charge in [-0.15, -0.1) is 11.8 Å². The molecule has 0 unspecified atom stereocenters. The second kappa shape index (κ2) is 5.43. The van der Waals surface area contributed by atoms with Crippen LogP contribution in [0.3, 0.4) is 0 Å². The van der Waals surface area contributed by atoms with Crippen LogP contribution < -0.4 is 5.73 Å². The number of hydrogen-bond acceptors (Lipinski definition) is 2. The Bertz CT molecular complexity index is 531. The third kappa shape index (κ3) is 3.38.